The van der Waals surface area contributed by atoms with Gasteiger partial charge < -0.3 is 0 Å². The second-order valence-corrected chi connectivity index (χ2v) is 11.8. The van der Waals surface area contributed by atoms with E-state index in [1.165, 1.54) is 0 Å². The first-order valence-corrected chi connectivity index (χ1v) is 16.2. The maximum atomic E-state index is 9.57. The van der Waals surface area contributed by atoms with E-state index in [9.17, 15) is 5.26 Å². The van der Waals surface area contributed by atoms with Crippen LogP contribution < -0.4 is 0 Å². The van der Waals surface area contributed by atoms with Crippen molar-refractivity contribution in [2.75, 3.05) is 0 Å². The summed E-state index contributed by atoms with van der Waals surface area (Å²) in [6.07, 6.45) is 3.34. The predicted molar refractivity (Wildman–Crippen MR) is 201 cm³/mol. The van der Waals surface area contributed by atoms with Crippen molar-refractivity contribution >= 4 is 16.5 Å². The van der Waals surface area contributed by atoms with Crippen LogP contribution in [0.15, 0.2) is 164 Å². The molecular weight excluding hydrogens is 611 g/mol. The van der Waals surface area contributed by atoms with Crippen LogP contribution in [0, 0.1) is 17.9 Å². The number of nitriles is 1. The Morgan fingerprint density at radius 3 is 1.76 bits per heavy atom. The molecule has 0 aliphatic carbocycles. The lowest BCUT2D eigenvalue weighted by atomic mass is 9.79. The molecule has 8 aromatic rings. The molecule has 0 atom stereocenters. The molecule has 0 radical (unpaired) electrons. The maximum Gasteiger partial charge on any atom is 0.190 e. The zero-order valence-corrected chi connectivity index (χ0v) is 26.8. The molecule has 0 aliphatic rings. The summed E-state index contributed by atoms with van der Waals surface area (Å²) in [5.74, 6) is 0. The van der Waals surface area contributed by atoms with Gasteiger partial charge in [-0.1, -0.05) is 109 Å². The first kappa shape index (κ1) is 30.1. The van der Waals surface area contributed by atoms with Crippen LogP contribution in [-0.4, -0.2) is 15.0 Å². The van der Waals surface area contributed by atoms with E-state index in [1.807, 2.05) is 36.4 Å². The quantitative estimate of drug-likeness (QED) is 0.170. The van der Waals surface area contributed by atoms with Crippen molar-refractivity contribution in [2.45, 2.75) is 0 Å². The molecule has 5 aromatic carbocycles. The Morgan fingerprint density at radius 1 is 0.460 bits per heavy atom. The summed E-state index contributed by atoms with van der Waals surface area (Å²) in [5.41, 5.74) is 12.3. The van der Waals surface area contributed by atoms with Gasteiger partial charge in [0.15, 0.2) is 5.69 Å². The highest BCUT2D eigenvalue weighted by Gasteiger charge is 2.25. The van der Waals surface area contributed by atoms with Crippen molar-refractivity contribution in [1.82, 2.24) is 15.0 Å². The number of hydrogen-bond donors (Lipinski definition) is 0. The molecule has 0 saturated carbocycles. The number of nitrogens with zero attached hydrogens (tertiary/aromatic N) is 5. The number of fused-ring (bicyclic) bond motifs is 1. The molecule has 0 spiro atoms. The lowest BCUT2D eigenvalue weighted by Gasteiger charge is -2.24. The summed E-state index contributed by atoms with van der Waals surface area (Å²) in [6.45, 7) is 7.55. The van der Waals surface area contributed by atoms with Crippen LogP contribution in [0.3, 0.4) is 0 Å². The third-order valence-corrected chi connectivity index (χ3v) is 8.82. The summed E-state index contributed by atoms with van der Waals surface area (Å²) < 4.78 is 0. The van der Waals surface area contributed by atoms with Gasteiger partial charge in [0.2, 0.25) is 0 Å². The molecule has 0 aliphatic heterocycles. The smallest absolute Gasteiger partial charge is 0.190 e. The minimum absolute atomic E-state index is 0.534. The number of hydrogen-bond acceptors (Lipinski definition) is 4. The highest BCUT2D eigenvalue weighted by molar-refractivity contribution is 6.18. The Kier molecular flexibility index (Phi) is 7.91. The first-order valence-electron chi connectivity index (χ1n) is 16.2. The van der Waals surface area contributed by atoms with E-state index in [1.54, 1.807) is 30.6 Å². The van der Waals surface area contributed by atoms with E-state index < -0.39 is 0 Å². The summed E-state index contributed by atoms with van der Waals surface area (Å²) in [4.78, 5) is 18.1. The van der Waals surface area contributed by atoms with Gasteiger partial charge in [0.1, 0.15) is 0 Å². The highest BCUT2D eigenvalue weighted by atomic mass is 14.8. The third kappa shape index (κ3) is 5.56. The van der Waals surface area contributed by atoms with Crippen molar-refractivity contribution in [3.05, 3.63) is 181 Å². The summed E-state index contributed by atoms with van der Waals surface area (Å²) in [7, 11) is 0. The topological polar surface area (TPSA) is 66.8 Å². The minimum atomic E-state index is 0.534. The van der Waals surface area contributed by atoms with E-state index in [-0.39, 0.29) is 0 Å². The minimum Gasteiger partial charge on any atom is -0.259 e. The predicted octanol–water partition coefficient (Wildman–Crippen LogP) is 11.4. The Labute approximate surface area is 290 Å². The van der Waals surface area contributed by atoms with Gasteiger partial charge in [0.25, 0.3) is 0 Å². The number of aromatic nitrogens is 3. The first-order chi connectivity index (χ1) is 24.7. The standard InChI is InChI=1S/C45H27N5/c1-47-35-23-25-48-40(28-35)33-16-10-17-34(27-33)42-36-18-8-9-19-37(36)45(39-21-11-20-38(50-39)41-26-30(29-46)22-24-49-41)44(32-14-6-3-7-15-32)43(42)31-12-4-2-5-13-31/h2-28H. The maximum absolute atomic E-state index is 9.57. The zero-order valence-electron chi connectivity index (χ0n) is 26.8. The Morgan fingerprint density at radius 2 is 1.04 bits per heavy atom. The molecule has 232 valence electrons. The third-order valence-electron chi connectivity index (χ3n) is 8.82. The van der Waals surface area contributed by atoms with Crippen LogP contribution >= 0.6 is 0 Å². The lowest BCUT2D eigenvalue weighted by Crippen LogP contribution is -1.99. The molecular formula is C45H27N5. The second kappa shape index (κ2) is 13.1. The molecule has 50 heavy (non-hydrogen) atoms. The molecule has 5 nitrogen and oxygen atoms in total. The SMILES string of the molecule is [C-]#[N+]c1ccnc(-c2cccc(-c3c(-c4ccccc4)c(-c4ccccc4)c(-c4cccc(-c5cc(C#N)ccn5)n4)c4ccccc34)c2)c1. The van der Waals surface area contributed by atoms with Crippen molar-refractivity contribution < 1.29 is 0 Å². The largest absolute Gasteiger partial charge is 0.259 e. The van der Waals surface area contributed by atoms with Gasteiger partial charge in [-0.15, -0.1) is 0 Å². The van der Waals surface area contributed by atoms with E-state index >= 15 is 0 Å². The molecule has 0 fully saturated rings. The fourth-order valence-electron chi connectivity index (χ4n) is 6.63. The van der Waals surface area contributed by atoms with Crippen LogP contribution in [0.1, 0.15) is 5.56 Å². The molecule has 3 aromatic heterocycles. The normalized spacial score (nSPS) is 10.8. The van der Waals surface area contributed by atoms with Gasteiger partial charge >= 0.3 is 0 Å². The van der Waals surface area contributed by atoms with E-state index in [4.69, 9.17) is 11.6 Å². The highest BCUT2D eigenvalue weighted by Crippen LogP contribution is 2.51. The Balaban J connectivity index is 1.49. The zero-order chi connectivity index (χ0) is 33.9. The van der Waals surface area contributed by atoms with E-state index in [0.29, 0.717) is 22.6 Å². The molecule has 5 heteroatoms. The summed E-state index contributed by atoms with van der Waals surface area (Å²) >= 11 is 0. The van der Waals surface area contributed by atoms with E-state index in [2.05, 4.69) is 118 Å². The fourth-order valence-corrected chi connectivity index (χ4v) is 6.63. The number of rotatable bonds is 6. The molecule has 0 unspecified atom stereocenters. The van der Waals surface area contributed by atoms with E-state index in [0.717, 1.165) is 66.7 Å². The van der Waals surface area contributed by atoms with Crippen LogP contribution in [0.4, 0.5) is 5.69 Å². The lowest BCUT2D eigenvalue weighted by molar-refractivity contribution is 1.24. The second-order valence-electron chi connectivity index (χ2n) is 11.8. The van der Waals surface area contributed by atoms with Crippen molar-refractivity contribution in [1.29, 1.82) is 5.26 Å². The fraction of sp³-hybridized carbons (Fsp3) is 0. The van der Waals surface area contributed by atoms with Gasteiger partial charge in [-0.2, -0.15) is 5.26 Å². The van der Waals surface area contributed by atoms with Crippen molar-refractivity contribution in [3.63, 3.8) is 0 Å². The average Bonchev–Trinajstić information content (AvgIpc) is 3.20. The van der Waals surface area contributed by atoms with Crippen LogP contribution in [0.25, 0.3) is 82.9 Å². The molecule has 0 saturated heterocycles. The number of pyridine rings is 3. The van der Waals surface area contributed by atoms with Crippen LogP contribution in [-0.2, 0) is 0 Å². The van der Waals surface area contributed by atoms with Gasteiger partial charge in [0, 0.05) is 23.5 Å². The molecule has 0 amide bonds. The summed E-state index contributed by atoms with van der Waals surface area (Å²) in [5, 5.41) is 11.7. The van der Waals surface area contributed by atoms with Crippen molar-refractivity contribution in [3.8, 4) is 73.4 Å². The monoisotopic (exact) mass is 637 g/mol. The Hall–Kier alpha value is -7.21. The average molecular weight is 638 g/mol. The van der Waals surface area contributed by atoms with Gasteiger partial charge in [-0.25, -0.2) is 9.83 Å². The van der Waals surface area contributed by atoms with Gasteiger partial charge in [0.05, 0.1) is 41.0 Å². The van der Waals surface area contributed by atoms with Crippen LogP contribution in [0.2, 0.25) is 0 Å². The summed E-state index contributed by atoms with van der Waals surface area (Å²) in [6, 6.07) is 53.2. The molecule has 0 bridgehead atoms. The Bertz CT molecular complexity index is 2430. The van der Waals surface area contributed by atoms with Crippen molar-refractivity contribution in [2.24, 2.45) is 0 Å². The molecule has 0 N–H and O–H groups in total. The molecule has 8 rings (SSSR count). The van der Waals surface area contributed by atoms with Gasteiger partial charge in [-0.3, -0.25) is 9.97 Å². The number of benzene rings is 5. The van der Waals surface area contributed by atoms with Crippen LogP contribution in [0.5, 0.6) is 0 Å². The van der Waals surface area contributed by atoms with Gasteiger partial charge in [-0.05, 0) is 86.6 Å². The molecule has 3 heterocycles.